The lowest BCUT2D eigenvalue weighted by Crippen LogP contribution is -2.30. The second-order valence-electron chi connectivity index (χ2n) is 5.22. The normalized spacial score (nSPS) is 20.8. The van der Waals surface area contributed by atoms with Gasteiger partial charge in [0.2, 0.25) is 0 Å². The van der Waals surface area contributed by atoms with E-state index in [0.717, 1.165) is 12.8 Å². The van der Waals surface area contributed by atoms with Crippen LogP contribution in [0.1, 0.15) is 40.5 Å². The van der Waals surface area contributed by atoms with Gasteiger partial charge in [-0.1, -0.05) is 30.3 Å². The quantitative estimate of drug-likeness (QED) is 0.913. The van der Waals surface area contributed by atoms with Crippen LogP contribution in [-0.4, -0.2) is 27.1 Å². The minimum absolute atomic E-state index is 0.120. The summed E-state index contributed by atoms with van der Waals surface area (Å²) >= 11 is 0. The van der Waals surface area contributed by atoms with Crippen molar-refractivity contribution in [2.75, 3.05) is 0 Å². The number of hydrogen-bond donors (Lipinski definition) is 1. The second-order valence-corrected chi connectivity index (χ2v) is 5.22. The first-order chi connectivity index (χ1) is 10.2. The number of nitrogens with zero attached hydrogens (tertiary/aromatic N) is 2. The van der Waals surface area contributed by atoms with E-state index in [0.29, 0.717) is 12.4 Å². The minimum Gasteiger partial charge on any atom is -0.478 e. The van der Waals surface area contributed by atoms with Crippen molar-refractivity contribution in [3.05, 3.63) is 59.7 Å². The molecule has 1 aromatic heterocycles. The van der Waals surface area contributed by atoms with E-state index >= 15 is 0 Å². The van der Waals surface area contributed by atoms with Crippen LogP contribution < -0.4 is 0 Å². The molecule has 1 aromatic carbocycles. The summed E-state index contributed by atoms with van der Waals surface area (Å²) in [5.41, 5.74) is 1.29. The van der Waals surface area contributed by atoms with E-state index in [1.807, 2.05) is 30.3 Å². The van der Waals surface area contributed by atoms with Gasteiger partial charge in [-0.15, -0.1) is 0 Å². The monoisotopic (exact) mass is 284 g/mol. The topological polar surface area (TPSA) is 72.3 Å². The van der Waals surface area contributed by atoms with Gasteiger partial charge in [0, 0.05) is 18.3 Å². The van der Waals surface area contributed by atoms with Crippen molar-refractivity contribution in [2.45, 2.75) is 31.5 Å². The molecule has 0 spiro atoms. The highest BCUT2D eigenvalue weighted by Crippen LogP contribution is 2.37. The van der Waals surface area contributed by atoms with Crippen molar-refractivity contribution in [2.24, 2.45) is 0 Å². The van der Waals surface area contributed by atoms with Crippen LogP contribution in [0.3, 0.4) is 0 Å². The Morgan fingerprint density at radius 3 is 2.48 bits per heavy atom. The Morgan fingerprint density at radius 2 is 1.86 bits per heavy atom. The summed E-state index contributed by atoms with van der Waals surface area (Å²) < 4.78 is 5.83. The molecule has 0 aliphatic heterocycles. The smallest absolute Gasteiger partial charge is 0.338 e. The van der Waals surface area contributed by atoms with Gasteiger partial charge in [0.1, 0.15) is 5.82 Å². The highest BCUT2D eigenvalue weighted by atomic mass is 16.5. The van der Waals surface area contributed by atoms with E-state index in [9.17, 15) is 4.79 Å². The lowest BCUT2D eigenvalue weighted by Gasteiger charge is -2.34. The molecule has 21 heavy (non-hydrogen) atoms. The Kier molecular flexibility index (Phi) is 3.92. The molecule has 0 unspecified atom stereocenters. The van der Waals surface area contributed by atoms with Crippen LogP contribution in [0, 0.1) is 0 Å². The van der Waals surface area contributed by atoms with E-state index in [1.54, 1.807) is 0 Å². The number of ether oxygens (including phenoxy) is 1. The van der Waals surface area contributed by atoms with Gasteiger partial charge in [0.25, 0.3) is 0 Å². The summed E-state index contributed by atoms with van der Waals surface area (Å²) in [6.45, 7) is 0.622. The maximum absolute atomic E-state index is 10.7. The Hall–Kier alpha value is -2.27. The van der Waals surface area contributed by atoms with Crippen LogP contribution in [-0.2, 0) is 11.3 Å². The molecule has 1 aliphatic carbocycles. The van der Waals surface area contributed by atoms with Crippen molar-refractivity contribution in [3.63, 3.8) is 0 Å². The number of hydrogen-bond acceptors (Lipinski definition) is 4. The Morgan fingerprint density at radius 1 is 1.19 bits per heavy atom. The third-order valence-corrected chi connectivity index (χ3v) is 3.71. The minimum atomic E-state index is -1.00. The molecule has 1 fully saturated rings. The first-order valence-electron chi connectivity index (χ1n) is 6.93. The highest BCUT2D eigenvalue weighted by Gasteiger charge is 2.33. The highest BCUT2D eigenvalue weighted by molar-refractivity contribution is 5.86. The van der Waals surface area contributed by atoms with Gasteiger partial charge in [0.15, 0.2) is 0 Å². The zero-order valence-electron chi connectivity index (χ0n) is 11.5. The molecule has 108 valence electrons. The molecule has 0 saturated heterocycles. The molecule has 5 heteroatoms. The molecule has 1 N–H and O–H groups in total. The number of aromatic nitrogens is 2. The van der Waals surface area contributed by atoms with Gasteiger partial charge < -0.3 is 9.84 Å². The summed E-state index contributed by atoms with van der Waals surface area (Å²) in [5, 5.41) is 8.81. The van der Waals surface area contributed by atoms with Crippen molar-refractivity contribution in [1.29, 1.82) is 0 Å². The van der Waals surface area contributed by atoms with Gasteiger partial charge >= 0.3 is 5.97 Å². The Labute approximate surface area is 122 Å². The Bertz CT molecular complexity index is 607. The van der Waals surface area contributed by atoms with E-state index in [1.165, 1.54) is 18.0 Å². The van der Waals surface area contributed by atoms with Crippen molar-refractivity contribution in [1.82, 2.24) is 9.97 Å². The van der Waals surface area contributed by atoms with Crippen LogP contribution >= 0.6 is 0 Å². The van der Waals surface area contributed by atoms with Gasteiger partial charge in [-0.2, -0.15) is 0 Å². The van der Waals surface area contributed by atoms with Gasteiger partial charge in [0.05, 0.1) is 18.3 Å². The van der Waals surface area contributed by atoms with E-state index in [2.05, 4.69) is 9.97 Å². The lowest BCUT2D eigenvalue weighted by molar-refractivity contribution is -0.0223. The first-order valence-corrected chi connectivity index (χ1v) is 6.93. The Balaban J connectivity index is 1.48. The standard InChI is InChI=1S/C16H16N2O3/c19-16(20)13-8-17-15(18-9-13)12-6-14(7-12)21-10-11-4-2-1-3-5-11/h1-5,8-9,12,14H,6-7,10H2,(H,19,20). The third-order valence-electron chi connectivity index (χ3n) is 3.71. The fourth-order valence-corrected chi connectivity index (χ4v) is 2.36. The predicted octanol–water partition coefficient (Wildman–Crippen LogP) is 2.64. The number of rotatable bonds is 5. The van der Waals surface area contributed by atoms with E-state index in [-0.39, 0.29) is 17.6 Å². The molecule has 0 radical (unpaired) electrons. The molecular formula is C16H16N2O3. The predicted molar refractivity (Wildman–Crippen MR) is 76.0 cm³/mol. The molecule has 2 aromatic rings. The second kappa shape index (κ2) is 6.01. The average molecular weight is 284 g/mol. The summed E-state index contributed by atoms with van der Waals surface area (Å²) in [6, 6.07) is 10.1. The summed E-state index contributed by atoms with van der Waals surface area (Å²) in [7, 11) is 0. The summed E-state index contributed by atoms with van der Waals surface area (Å²) in [5.74, 6) is -0.0209. The molecule has 0 amide bonds. The molecule has 0 atom stereocenters. The largest absolute Gasteiger partial charge is 0.478 e. The molecule has 0 bridgehead atoms. The van der Waals surface area contributed by atoms with Crippen LogP contribution in [0.5, 0.6) is 0 Å². The molecular weight excluding hydrogens is 268 g/mol. The maximum Gasteiger partial charge on any atom is 0.338 e. The van der Waals surface area contributed by atoms with Crippen LogP contribution in [0.2, 0.25) is 0 Å². The zero-order valence-corrected chi connectivity index (χ0v) is 11.5. The SMILES string of the molecule is O=C(O)c1cnc(C2CC(OCc3ccccc3)C2)nc1. The fraction of sp³-hybridized carbons (Fsp3) is 0.312. The lowest BCUT2D eigenvalue weighted by atomic mass is 9.81. The number of carboxylic acid groups (broad SMARTS) is 1. The number of carbonyl (C=O) groups is 1. The number of carboxylic acids is 1. The average Bonchev–Trinajstić information content (AvgIpc) is 2.47. The zero-order chi connectivity index (χ0) is 14.7. The van der Waals surface area contributed by atoms with Crippen LogP contribution in [0.25, 0.3) is 0 Å². The van der Waals surface area contributed by atoms with Crippen molar-refractivity contribution in [3.8, 4) is 0 Å². The molecule has 1 aliphatic rings. The summed E-state index contributed by atoms with van der Waals surface area (Å²) in [6.07, 6.45) is 4.74. The van der Waals surface area contributed by atoms with E-state index < -0.39 is 5.97 Å². The van der Waals surface area contributed by atoms with Crippen LogP contribution in [0.4, 0.5) is 0 Å². The van der Waals surface area contributed by atoms with Crippen molar-refractivity contribution < 1.29 is 14.6 Å². The fourth-order valence-electron chi connectivity index (χ4n) is 2.36. The van der Waals surface area contributed by atoms with Crippen molar-refractivity contribution >= 4 is 5.97 Å². The van der Waals surface area contributed by atoms with Gasteiger partial charge in [-0.3, -0.25) is 0 Å². The van der Waals surface area contributed by atoms with Gasteiger partial charge in [-0.25, -0.2) is 14.8 Å². The molecule has 3 rings (SSSR count). The first kappa shape index (κ1) is 13.7. The number of benzene rings is 1. The maximum atomic E-state index is 10.7. The van der Waals surface area contributed by atoms with E-state index in [4.69, 9.17) is 9.84 Å². The molecule has 1 saturated carbocycles. The van der Waals surface area contributed by atoms with Crippen LogP contribution in [0.15, 0.2) is 42.7 Å². The van der Waals surface area contributed by atoms with Gasteiger partial charge in [-0.05, 0) is 18.4 Å². The summed E-state index contributed by atoms with van der Waals surface area (Å²) in [4.78, 5) is 19.0. The molecule has 5 nitrogen and oxygen atoms in total. The third kappa shape index (κ3) is 3.25. The number of aromatic carboxylic acids is 1. The molecule has 1 heterocycles.